The molecule has 0 bridgehead atoms. The zero-order chi connectivity index (χ0) is 72.2. The van der Waals surface area contributed by atoms with Gasteiger partial charge < -0.3 is 47.3 Å². The predicted octanol–water partition coefficient (Wildman–Crippen LogP) is 9.09. The smallest absolute Gasteiger partial charge is 0.405 e. The lowest BCUT2D eigenvalue weighted by atomic mass is 10.2. The first-order valence-electron chi connectivity index (χ1n) is 27.6. The highest BCUT2D eigenvalue weighted by atomic mass is 19.4. The Labute approximate surface area is 546 Å². The Kier molecular flexibility index (Phi) is 28.8. The molecule has 0 saturated heterocycles. The molecule has 0 aliphatic rings. The van der Waals surface area contributed by atoms with Crippen LogP contribution in [0, 0.1) is 29.2 Å². The number of hydrogen-bond donors (Lipinski definition) is 9. The van der Waals surface area contributed by atoms with Gasteiger partial charge in [0.05, 0.1) is 49.2 Å². The number of methoxy groups -OCH3 is 1. The van der Waals surface area contributed by atoms with Crippen molar-refractivity contribution in [3.63, 3.8) is 0 Å². The molecular weight excluding hydrogens is 1360 g/mol. The molecule has 0 aliphatic carbocycles. The zero-order valence-electron chi connectivity index (χ0n) is 50.2. The summed E-state index contributed by atoms with van der Waals surface area (Å²) in [6, 6.07) is 8.09. The normalized spacial score (nSPS) is 11.5. The molecule has 43 heteroatoms. The van der Waals surface area contributed by atoms with Gasteiger partial charge >= 0.3 is 24.7 Å². The van der Waals surface area contributed by atoms with Gasteiger partial charge in [-0.05, 0) is 37.3 Å². The summed E-state index contributed by atoms with van der Waals surface area (Å²) in [4.78, 5) is 87.5. The number of hydrogen-bond acceptors (Lipinski definition) is 21. The Morgan fingerprint density at radius 3 is 1.30 bits per heavy atom. The van der Waals surface area contributed by atoms with E-state index in [-0.39, 0.29) is 90.9 Å². The van der Waals surface area contributed by atoms with E-state index in [2.05, 4.69) is 86.3 Å². The minimum atomic E-state index is -4.57. The lowest BCUT2D eigenvalue weighted by molar-refractivity contribution is -0.138. The third kappa shape index (κ3) is 28.3. The van der Waals surface area contributed by atoms with Crippen LogP contribution >= 0.6 is 0 Å². The van der Waals surface area contributed by atoms with Crippen molar-refractivity contribution in [2.75, 3.05) is 74.2 Å². The molecule has 8 heterocycles. The average molecular weight is 1420 g/mol. The standard InChI is InChI=1S/C15H15F4N5O2.C14H12F5N5O.C14H13F4N5O.C12H12F4N6O.4H2/c1-26-12-3-2-9(6-21-12)13-22-7-10(16)14(24-13)20-5-4-11(25)23-8-15(17,18)19;1-7(13(25)22-6-14(17,18)19)23-12-9(15)5-21-11(24-12)8-3-2-4-20-10(8)16;15-10-7-21-12(9-2-1-4-19-6-9)23-13(10)20-5-3-11(24)22-8-14(16,17)18;13-8-5-18-10(7-3-20-21-4-7)22-11(8)17-2-1-9(23)19-6-12(14,15)16;;;;/h2-3,6-7H,4-5,8H2,1H3,(H,23,25)(H,20,22,24);2-5,7H,6H2,1H3,(H,22,25)(H,21,23,24);1-2,4,6-7H,3,5,8H2,(H,22,24)(H,20,21,23);3-5H,1-2,6H2,(H,19,23)(H,20,21)(H,17,18,22);4*1H/t;7-;;;;;;/m.1....../s1. The number of anilines is 4. The highest BCUT2D eigenvalue weighted by Gasteiger charge is 2.31. The molecule has 0 radical (unpaired) electrons. The minimum Gasteiger partial charge on any atom is -0.481 e. The minimum absolute atomic E-state index is 0. The molecular formula is C55H60F17N21O5. The zero-order valence-corrected chi connectivity index (χ0v) is 50.2. The largest absolute Gasteiger partial charge is 0.481 e. The molecule has 8 rings (SSSR count). The van der Waals surface area contributed by atoms with E-state index in [9.17, 15) is 93.8 Å². The number of alkyl halides is 12. The van der Waals surface area contributed by atoms with Crippen LogP contribution in [0.25, 0.3) is 45.6 Å². The lowest BCUT2D eigenvalue weighted by Crippen LogP contribution is -2.42. The van der Waals surface area contributed by atoms with Crippen molar-refractivity contribution in [1.29, 1.82) is 0 Å². The topological polar surface area (TPSA) is 344 Å². The maximum Gasteiger partial charge on any atom is 0.405 e. The molecule has 26 nitrogen and oxygen atoms in total. The van der Waals surface area contributed by atoms with Gasteiger partial charge in [-0.25, -0.2) is 67.4 Å². The summed E-state index contributed by atoms with van der Waals surface area (Å²) in [6.07, 6.45) is -6.53. The SMILES string of the molecule is COc1ccc(-c2ncc(F)c(NCCC(=O)NCC(F)(F)F)n2)cn1.C[C@@H](Nc1nc(-c2cccnc2F)ncc1F)C(=O)NCC(F)(F)F.O=C(CCNc1nc(-c2cccnc2)ncc1F)NCC(F)(F)F.O=C(CCNc1nc(-c2cn[nH]c2)ncc1F)NCC(F)(F)F.[HH].[HH].[HH].[HH]. The highest BCUT2D eigenvalue weighted by Crippen LogP contribution is 2.24. The summed E-state index contributed by atoms with van der Waals surface area (Å²) < 4.78 is 217. The van der Waals surface area contributed by atoms with Gasteiger partial charge in [-0.2, -0.15) is 62.2 Å². The van der Waals surface area contributed by atoms with E-state index in [1.54, 1.807) is 51.7 Å². The van der Waals surface area contributed by atoms with Crippen molar-refractivity contribution in [3.05, 3.63) is 128 Å². The van der Waals surface area contributed by atoms with Gasteiger partial charge in [0.2, 0.25) is 35.5 Å². The Morgan fingerprint density at radius 2 is 0.898 bits per heavy atom. The number of aromatic amines is 1. The van der Waals surface area contributed by atoms with E-state index >= 15 is 0 Å². The molecule has 4 amide bonds. The van der Waals surface area contributed by atoms with Crippen LogP contribution in [-0.4, -0.2) is 172 Å². The summed E-state index contributed by atoms with van der Waals surface area (Å²) in [5.74, 6) is -7.62. The van der Waals surface area contributed by atoms with Gasteiger partial charge in [0.1, 0.15) is 32.2 Å². The summed E-state index contributed by atoms with van der Waals surface area (Å²) in [5, 5.41) is 23.1. The fraction of sp³-hybridized carbons (Fsp3) is 0.309. The number of nitrogens with one attached hydrogen (secondary N) is 9. The molecule has 98 heavy (non-hydrogen) atoms. The Balaban J connectivity index is 0.000000672. The van der Waals surface area contributed by atoms with Crippen LogP contribution in [0.15, 0.2) is 98.4 Å². The van der Waals surface area contributed by atoms with Gasteiger partial charge in [0.25, 0.3) is 0 Å². The first kappa shape index (κ1) is 77.4. The average Bonchev–Trinajstić information content (AvgIpc) is 1.14. The second-order valence-corrected chi connectivity index (χ2v) is 19.1. The first-order valence-corrected chi connectivity index (χ1v) is 27.6. The Bertz CT molecular complexity index is 3890. The molecule has 0 spiro atoms. The molecule has 0 unspecified atom stereocenters. The van der Waals surface area contributed by atoms with Crippen LogP contribution in [0.2, 0.25) is 0 Å². The number of H-pyrrole nitrogens is 1. The van der Waals surface area contributed by atoms with Crippen molar-refractivity contribution in [2.45, 2.75) is 56.9 Å². The number of pyridine rings is 3. The van der Waals surface area contributed by atoms with Crippen molar-refractivity contribution in [1.82, 2.24) is 86.3 Å². The van der Waals surface area contributed by atoms with Crippen LogP contribution in [0.5, 0.6) is 5.88 Å². The first-order chi connectivity index (χ1) is 46.1. The highest BCUT2D eigenvalue weighted by molar-refractivity contribution is 5.84. The predicted molar refractivity (Wildman–Crippen MR) is 319 cm³/mol. The van der Waals surface area contributed by atoms with Gasteiger partial charge in [0.15, 0.2) is 69.8 Å². The molecule has 8 aromatic rings. The van der Waals surface area contributed by atoms with Crippen LogP contribution < -0.4 is 47.3 Å². The van der Waals surface area contributed by atoms with Crippen LogP contribution in [-0.2, 0) is 19.2 Å². The number of halogens is 17. The second-order valence-electron chi connectivity index (χ2n) is 19.1. The lowest BCUT2D eigenvalue weighted by Gasteiger charge is -2.16. The van der Waals surface area contributed by atoms with Gasteiger partial charge in [-0.3, -0.25) is 29.3 Å². The quantitative estimate of drug-likeness (QED) is 0.0201. The number of nitrogens with zero attached hydrogens (tertiary/aromatic N) is 12. The van der Waals surface area contributed by atoms with Gasteiger partial charge in [-0.15, -0.1) is 0 Å². The number of ether oxygens (including phenoxy) is 1. The van der Waals surface area contributed by atoms with E-state index in [0.717, 1.165) is 24.8 Å². The summed E-state index contributed by atoms with van der Waals surface area (Å²) in [7, 11) is 1.46. The van der Waals surface area contributed by atoms with E-state index in [0.29, 0.717) is 22.6 Å². The maximum absolute atomic E-state index is 13.8. The van der Waals surface area contributed by atoms with Crippen LogP contribution in [0.4, 0.5) is 97.9 Å². The van der Waals surface area contributed by atoms with Crippen molar-refractivity contribution in [3.8, 4) is 51.4 Å². The van der Waals surface area contributed by atoms with E-state index in [4.69, 9.17) is 4.74 Å². The number of carbonyl (C=O) groups excluding carboxylic acids is 4. The van der Waals surface area contributed by atoms with Gasteiger partial charge in [0, 0.05) is 92.8 Å². The fourth-order valence-corrected chi connectivity index (χ4v) is 6.90. The number of carbonyl (C=O) groups is 4. The van der Waals surface area contributed by atoms with Crippen LogP contribution in [0.3, 0.4) is 0 Å². The molecule has 534 valence electrons. The van der Waals surface area contributed by atoms with Gasteiger partial charge in [-0.1, -0.05) is 0 Å². The molecule has 9 N–H and O–H groups in total. The third-order valence-electron chi connectivity index (χ3n) is 11.5. The van der Waals surface area contributed by atoms with Crippen molar-refractivity contribution >= 4 is 46.9 Å². The Morgan fingerprint density at radius 1 is 0.480 bits per heavy atom. The molecule has 0 fully saturated rings. The summed E-state index contributed by atoms with van der Waals surface area (Å²) in [6.45, 7) is -4.78. The van der Waals surface area contributed by atoms with Crippen molar-refractivity contribution in [2.24, 2.45) is 0 Å². The molecule has 0 aliphatic heterocycles. The molecule has 1 atom stereocenters. The monoisotopic (exact) mass is 1420 g/mol. The Hall–Kier alpha value is -11.3. The third-order valence-corrected chi connectivity index (χ3v) is 11.5. The van der Waals surface area contributed by atoms with E-state index in [1.165, 1.54) is 57.2 Å². The van der Waals surface area contributed by atoms with Crippen molar-refractivity contribution < 1.29 is 104 Å². The molecule has 0 saturated carbocycles. The summed E-state index contributed by atoms with van der Waals surface area (Å²) >= 11 is 0. The number of amides is 4. The van der Waals surface area contributed by atoms with Crippen LogP contribution in [0.1, 0.15) is 31.9 Å². The molecule has 8 aromatic heterocycles. The number of rotatable bonds is 24. The summed E-state index contributed by atoms with van der Waals surface area (Å²) in [5.41, 5.74) is 1.52. The molecule has 0 aromatic carbocycles. The number of aromatic nitrogens is 13. The van der Waals surface area contributed by atoms with E-state index < -0.39 is 116 Å². The maximum atomic E-state index is 13.8. The fourth-order valence-electron chi connectivity index (χ4n) is 6.90. The second kappa shape index (κ2) is 36.5. The van der Waals surface area contributed by atoms with E-state index in [1.807, 2.05) is 0 Å².